The quantitative estimate of drug-likeness (QED) is 0.735. The number of hydrogen-bond acceptors (Lipinski definition) is 5. The molecule has 1 fully saturated rings. The number of carboxylic acid groups (broad SMARTS) is 1. The summed E-state index contributed by atoms with van der Waals surface area (Å²) >= 11 is 3.35. The molecule has 0 saturated carbocycles. The number of pyridine rings is 1. The number of piperazine rings is 1. The van der Waals surface area contributed by atoms with Crippen molar-refractivity contribution in [1.29, 1.82) is 0 Å². The van der Waals surface area contributed by atoms with Crippen LogP contribution in [0.5, 0.6) is 0 Å². The van der Waals surface area contributed by atoms with E-state index in [0.29, 0.717) is 32.6 Å². The largest absolute Gasteiger partial charge is 0.479 e. The molecule has 2 atom stereocenters. The van der Waals surface area contributed by atoms with Gasteiger partial charge in [0, 0.05) is 36.8 Å². The zero-order valence-corrected chi connectivity index (χ0v) is 16.0. The summed E-state index contributed by atoms with van der Waals surface area (Å²) in [4.78, 5) is 32.0. The Labute approximate surface area is 155 Å². The number of rotatable bonds is 6. The van der Waals surface area contributed by atoms with Gasteiger partial charge in [0.25, 0.3) is 0 Å². The van der Waals surface area contributed by atoms with Crippen LogP contribution in [0.15, 0.2) is 22.8 Å². The van der Waals surface area contributed by atoms with Crippen LogP contribution in [0.4, 0.5) is 5.82 Å². The van der Waals surface area contributed by atoms with Gasteiger partial charge >= 0.3 is 5.97 Å². The van der Waals surface area contributed by atoms with E-state index in [0.717, 1.165) is 10.3 Å². The second-order valence-corrected chi connectivity index (χ2v) is 7.58. The van der Waals surface area contributed by atoms with E-state index in [1.165, 1.54) is 0 Å². The second-order valence-electron chi connectivity index (χ2n) is 6.67. The summed E-state index contributed by atoms with van der Waals surface area (Å²) in [5, 5.41) is 19.0. The summed E-state index contributed by atoms with van der Waals surface area (Å²) in [5.41, 5.74) is 0. The fourth-order valence-corrected chi connectivity index (χ4v) is 3.22. The van der Waals surface area contributed by atoms with Gasteiger partial charge in [-0.05, 0) is 40.4 Å². The summed E-state index contributed by atoms with van der Waals surface area (Å²) in [6.45, 7) is 6.03. The van der Waals surface area contributed by atoms with E-state index < -0.39 is 18.0 Å². The van der Waals surface area contributed by atoms with Gasteiger partial charge in [-0.25, -0.2) is 9.78 Å². The molecule has 8 heteroatoms. The molecule has 0 aliphatic carbocycles. The maximum Gasteiger partial charge on any atom is 0.333 e. The van der Waals surface area contributed by atoms with Crippen molar-refractivity contribution in [1.82, 2.24) is 9.88 Å². The van der Waals surface area contributed by atoms with Crippen molar-refractivity contribution in [3.8, 4) is 0 Å². The molecule has 0 unspecified atom stereocenters. The highest BCUT2D eigenvalue weighted by atomic mass is 79.9. The van der Waals surface area contributed by atoms with Crippen LogP contribution in [0.2, 0.25) is 0 Å². The predicted molar refractivity (Wildman–Crippen MR) is 97.3 cm³/mol. The van der Waals surface area contributed by atoms with Gasteiger partial charge in [0.2, 0.25) is 5.91 Å². The van der Waals surface area contributed by atoms with E-state index in [1.54, 1.807) is 11.1 Å². The number of amides is 1. The van der Waals surface area contributed by atoms with Crippen molar-refractivity contribution in [2.75, 3.05) is 31.1 Å². The first-order chi connectivity index (χ1) is 11.8. The number of anilines is 1. The lowest BCUT2D eigenvalue weighted by Crippen LogP contribution is -2.53. The molecule has 2 rings (SSSR count). The first kappa shape index (κ1) is 19.7. The molecule has 2 N–H and O–H groups in total. The SMILES string of the molecule is CC(C)C[C@H](C(=O)N1CCN(c2ccc(Br)cn2)CC1)[C@@H](O)C(=O)O. The van der Waals surface area contributed by atoms with Gasteiger partial charge in [-0.15, -0.1) is 0 Å². The van der Waals surface area contributed by atoms with Crippen molar-refractivity contribution in [3.63, 3.8) is 0 Å². The van der Waals surface area contributed by atoms with Gasteiger partial charge in [-0.1, -0.05) is 13.8 Å². The number of hydrogen-bond donors (Lipinski definition) is 2. The highest BCUT2D eigenvalue weighted by Gasteiger charge is 2.36. The summed E-state index contributed by atoms with van der Waals surface area (Å²) in [6.07, 6.45) is 0.413. The van der Waals surface area contributed by atoms with Gasteiger partial charge < -0.3 is 20.0 Å². The number of nitrogens with zero attached hydrogens (tertiary/aromatic N) is 3. The fourth-order valence-electron chi connectivity index (χ4n) is 2.99. The highest BCUT2D eigenvalue weighted by molar-refractivity contribution is 9.10. The Morgan fingerprint density at radius 3 is 2.36 bits per heavy atom. The molecule has 25 heavy (non-hydrogen) atoms. The molecule has 1 saturated heterocycles. The molecule has 0 spiro atoms. The molecule has 1 aromatic heterocycles. The monoisotopic (exact) mass is 413 g/mol. The van der Waals surface area contributed by atoms with Crippen molar-refractivity contribution >= 4 is 33.6 Å². The molecule has 2 heterocycles. The minimum absolute atomic E-state index is 0.121. The zero-order valence-electron chi connectivity index (χ0n) is 14.4. The number of aromatic nitrogens is 1. The molecular weight excluding hydrogens is 390 g/mol. The molecule has 1 amide bonds. The number of carbonyl (C=O) groups excluding carboxylic acids is 1. The minimum Gasteiger partial charge on any atom is -0.479 e. The molecule has 0 aromatic carbocycles. The molecule has 1 aliphatic rings. The van der Waals surface area contributed by atoms with Crippen LogP contribution < -0.4 is 4.90 Å². The normalized spacial score (nSPS) is 17.5. The van der Waals surface area contributed by atoms with Crippen molar-refractivity contribution in [3.05, 3.63) is 22.8 Å². The van der Waals surface area contributed by atoms with E-state index in [9.17, 15) is 14.7 Å². The molecule has 138 valence electrons. The number of aliphatic hydroxyl groups is 1. The van der Waals surface area contributed by atoms with Crippen LogP contribution in [0.1, 0.15) is 20.3 Å². The van der Waals surface area contributed by atoms with E-state index in [4.69, 9.17) is 5.11 Å². The third-order valence-electron chi connectivity index (χ3n) is 4.30. The zero-order chi connectivity index (χ0) is 18.6. The molecule has 7 nitrogen and oxygen atoms in total. The molecule has 0 radical (unpaired) electrons. The average molecular weight is 414 g/mol. The van der Waals surface area contributed by atoms with Crippen LogP contribution in [-0.2, 0) is 9.59 Å². The average Bonchev–Trinajstić information content (AvgIpc) is 2.59. The Balaban J connectivity index is 2.00. The first-order valence-corrected chi connectivity index (χ1v) is 9.15. The van der Waals surface area contributed by atoms with Crippen LogP contribution in [0, 0.1) is 11.8 Å². The Morgan fingerprint density at radius 2 is 1.88 bits per heavy atom. The van der Waals surface area contributed by atoms with Gasteiger partial charge in [-0.3, -0.25) is 4.79 Å². The van der Waals surface area contributed by atoms with Crippen molar-refractivity contribution in [2.24, 2.45) is 11.8 Å². The summed E-state index contributed by atoms with van der Waals surface area (Å²) in [6, 6.07) is 3.83. The van der Waals surface area contributed by atoms with E-state index >= 15 is 0 Å². The van der Waals surface area contributed by atoms with Gasteiger partial charge in [0.1, 0.15) is 5.82 Å². The lowest BCUT2D eigenvalue weighted by molar-refractivity contribution is -0.157. The summed E-state index contributed by atoms with van der Waals surface area (Å²) in [5.74, 6) is -1.57. The van der Waals surface area contributed by atoms with E-state index in [2.05, 4.69) is 25.8 Å². The highest BCUT2D eigenvalue weighted by Crippen LogP contribution is 2.22. The third kappa shape index (κ3) is 5.15. The molecule has 0 bridgehead atoms. The molecular formula is C17H24BrN3O4. The standard InChI is InChI=1S/C17H24BrN3O4/c1-11(2)9-13(15(22)17(24)25)16(23)21-7-5-20(6-8-21)14-4-3-12(18)10-19-14/h3-4,10-11,13,15,22H,5-9H2,1-2H3,(H,24,25)/t13-,15+/m0/s1. The maximum atomic E-state index is 12.7. The Kier molecular flexibility index (Phi) is 6.78. The van der Waals surface area contributed by atoms with Gasteiger partial charge in [-0.2, -0.15) is 0 Å². The van der Waals surface area contributed by atoms with Crippen LogP contribution in [0.3, 0.4) is 0 Å². The summed E-state index contributed by atoms with van der Waals surface area (Å²) < 4.78 is 0.907. The smallest absolute Gasteiger partial charge is 0.333 e. The Hall–Kier alpha value is -1.67. The number of carboxylic acids is 1. The van der Waals surface area contributed by atoms with E-state index in [1.807, 2.05) is 26.0 Å². The molecule has 1 aromatic rings. The van der Waals surface area contributed by atoms with Crippen LogP contribution >= 0.6 is 15.9 Å². The first-order valence-electron chi connectivity index (χ1n) is 8.35. The van der Waals surface area contributed by atoms with Gasteiger partial charge in [0.15, 0.2) is 6.10 Å². The lowest BCUT2D eigenvalue weighted by Gasteiger charge is -2.37. The minimum atomic E-state index is -1.67. The fraction of sp³-hybridized carbons (Fsp3) is 0.588. The number of carbonyl (C=O) groups is 2. The second kappa shape index (κ2) is 8.62. The topological polar surface area (TPSA) is 94.0 Å². The number of halogens is 1. The third-order valence-corrected chi connectivity index (χ3v) is 4.77. The Morgan fingerprint density at radius 1 is 1.24 bits per heavy atom. The van der Waals surface area contributed by atoms with Crippen LogP contribution in [-0.4, -0.2) is 64.3 Å². The van der Waals surface area contributed by atoms with Crippen molar-refractivity contribution < 1.29 is 19.8 Å². The molecule has 1 aliphatic heterocycles. The Bertz CT molecular complexity index is 600. The predicted octanol–water partition coefficient (Wildman–Crippen LogP) is 1.60. The number of aliphatic hydroxyl groups excluding tert-OH is 1. The number of aliphatic carboxylic acids is 1. The summed E-state index contributed by atoms with van der Waals surface area (Å²) in [7, 11) is 0. The maximum absolute atomic E-state index is 12.7. The lowest BCUT2D eigenvalue weighted by atomic mass is 9.90. The van der Waals surface area contributed by atoms with E-state index in [-0.39, 0.29) is 11.8 Å². The van der Waals surface area contributed by atoms with Gasteiger partial charge in [0.05, 0.1) is 5.92 Å². The van der Waals surface area contributed by atoms with Crippen molar-refractivity contribution in [2.45, 2.75) is 26.4 Å². The van der Waals surface area contributed by atoms with Crippen LogP contribution in [0.25, 0.3) is 0 Å².